The fraction of sp³-hybridized carbons (Fsp3) is 0.273. The second-order valence-electron chi connectivity index (χ2n) is 6.58. The van der Waals surface area contributed by atoms with Gasteiger partial charge in [0.15, 0.2) is 12.9 Å². The van der Waals surface area contributed by atoms with Crippen LogP contribution in [0.2, 0.25) is 0 Å². The lowest BCUT2D eigenvalue weighted by molar-refractivity contribution is -0.118. The normalized spacial score (nSPS) is 12.0. The molecule has 1 aromatic heterocycles. The molecule has 152 valence electrons. The summed E-state index contributed by atoms with van der Waals surface area (Å²) in [6.07, 6.45) is -0.993. The van der Waals surface area contributed by atoms with E-state index in [0.29, 0.717) is 34.8 Å². The maximum absolute atomic E-state index is 12.2. The third kappa shape index (κ3) is 4.82. The molecule has 3 aromatic rings. The van der Waals surface area contributed by atoms with E-state index in [1.54, 1.807) is 50.2 Å². The van der Waals surface area contributed by atoms with Crippen molar-refractivity contribution in [3.05, 3.63) is 69.6 Å². The van der Waals surface area contributed by atoms with Gasteiger partial charge in [0.2, 0.25) is 0 Å². The van der Waals surface area contributed by atoms with E-state index >= 15 is 0 Å². The second kappa shape index (κ2) is 8.89. The average Bonchev–Trinajstić information content (AvgIpc) is 2.68. The van der Waals surface area contributed by atoms with Crippen molar-refractivity contribution in [1.29, 1.82) is 0 Å². The predicted molar refractivity (Wildman–Crippen MR) is 109 cm³/mol. The molecule has 0 saturated carbocycles. The third-order valence-electron chi connectivity index (χ3n) is 4.48. The van der Waals surface area contributed by atoms with E-state index < -0.39 is 11.9 Å². The number of aliphatic hydroxyl groups is 1. The van der Waals surface area contributed by atoms with Gasteiger partial charge in [0.25, 0.3) is 5.91 Å². The van der Waals surface area contributed by atoms with Gasteiger partial charge in [-0.25, -0.2) is 4.79 Å². The number of hydrogen-bond acceptors (Lipinski definition) is 6. The fourth-order valence-electron chi connectivity index (χ4n) is 2.98. The molecular weight excluding hydrogens is 374 g/mol. The van der Waals surface area contributed by atoms with Crippen LogP contribution in [0, 0.1) is 13.8 Å². The number of hydrogen-bond donors (Lipinski definition) is 2. The Kier molecular flexibility index (Phi) is 6.31. The van der Waals surface area contributed by atoms with Crippen LogP contribution in [0.5, 0.6) is 5.75 Å². The SMILES string of the molecule is CCOC(O)c1ccc(NC(=O)COc2ccc3c(C)cc(=O)oc3c2C)cc1. The van der Waals surface area contributed by atoms with Gasteiger partial charge >= 0.3 is 5.63 Å². The molecule has 1 unspecified atom stereocenters. The first-order valence-electron chi connectivity index (χ1n) is 9.25. The van der Waals surface area contributed by atoms with Crippen molar-refractivity contribution in [3.8, 4) is 5.75 Å². The number of ether oxygens (including phenoxy) is 2. The molecule has 0 aliphatic heterocycles. The van der Waals surface area contributed by atoms with Crippen molar-refractivity contribution in [1.82, 2.24) is 0 Å². The van der Waals surface area contributed by atoms with Gasteiger partial charge in [-0.2, -0.15) is 0 Å². The zero-order chi connectivity index (χ0) is 21.0. The van der Waals surface area contributed by atoms with Crippen LogP contribution in [0.4, 0.5) is 5.69 Å². The maximum Gasteiger partial charge on any atom is 0.336 e. The summed E-state index contributed by atoms with van der Waals surface area (Å²) in [5.74, 6) is 0.130. The van der Waals surface area contributed by atoms with E-state index in [1.165, 1.54) is 6.07 Å². The number of amides is 1. The highest BCUT2D eigenvalue weighted by Gasteiger charge is 2.12. The quantitative estimate of drug-likeness (QED) is 0.468. The van der Waals surface area contributed by atoms with Crippen molar-refractivity contribution in [3.63, 3.8) is 0 Å². The van der Waals surface area contributed by atoms with Gasteiger partial charge in [0, 0.05) is 34.9 Å². The van der Waals surface area contributed by atoms with Gasteiger partial charge in [0.1, 0.15) is 11.3 Å². The summed E-state index contributed by atoms with van der Waals surface area (Å²) in [5.41, 5.74) is 2.68. The van der Waals surface area contributed by atoms with Gasteiger partial charge in [-0.05, 0) is 50.6 Å². The summed E-state index contributed by atoms with van der Waals surface area (Å²) in [6, 6.07) is 11.7. The molecule has 0 aliphatic carbocycles. The number of fused-ring (bicyclic) bond motifs is 1. The Balaban J connectivity index is 1.65. The number of carbonyl (C=O) groups is 1. The Hall–Kier alpha value is -3.16. The number of nitrogens with one attached hydrogen (secondary N) is 1. The number of benzene rings is 2. The summed E-state index contributed by atoms with van der Waals surface area (Å²) in [7, 11) is 0. The zero-order valence-electron chi connectivity index (χ0n) is 16.5. The number of rotatable bonds is 7. The molecule has 0 saturated heterocycles. The molecule has 0 fully saturated rings. The summed E-state index contributed by atoms with van der Waals surface area (Å²) in [4.78, 5) is 23.9. The molecule has 1 amide bonds. The predicted octanol–water partition coefficient (Wildman–Crippen LogP) is 3.45. The van der Waals surface area contributed by atoms with Crippen molar-refractivity contribution in [2.45, 2.75) is 27.1 Å². The molecule has 0 bridgehead atoms. The molecule has 3 rings (SSSR count). The number of carbonyl (C=O) groups excluding carboxylic acids is 1. The molecule has 0 aliphatic rings. The largest absolute Gasteiger partial charge is 0.483 e. The average molecular weight is 397 g/mol. The molecule has 1 heterocycles. The van der Waals surface area contributed by atoms with Crippen LogP contribution in [0.1, 0.15) is 29.9 Å². The van der Waals surface area contributed by atoms with Crippen LogP contribution in [-0.4, -0.2) is 24.2 Å². The zero-order valence-corrected chi connectivity index (χ0v) is 16.5. The Morgan fingerprint density at radius 2 is 1.90 bits per heavy atom. The molecule has 2 aromatic carbocycles. The second-order valence-corrected chi connectivity index (χ2v) is 6.58. The minimum absolute atomic E-state index is 0.203. The van der Waals surface area contributed by atoms with Crippen LogP contribution >= 0.6 is 0 Å². The van der Waals surface area contributed by atoms with Crippen LogP contribution in [0.15, 0.2) is 51.7 Å². The lowest BCUT2D eigenvalue weighted by atomic mass is 10.1. The highest BCUT2D eigenvalue weighted by Crippen LogP contribution is 2.28. The highest BCUT2D eigenvalue weighted by atomic mass is 16.6. The first kappa shape index (κ1) is 20.6. The number of anilines is 1. The molecule has 0 radical (unpaired) electrons. The number of aryl methyl sites for hydroxylation is 2. The third-order valence-corrected chi connectivity index (χ3v) is 4.48. The van der Waals surface area contributed by atoms with Crippen LogP contribution in [-0.2, 0) is 9.53 Å². The van der Waals surface area contributed by atoms with Gasteiger partial charge < -0.3 is 24.3 Å². The summed E-state index contributed by atoms with van der Waals surface area (Å²) < 4.78 is 16.0. The smallest absolute Gasteiger partial charge is 0.336 e. The minimum atomic E-state index is -0.993. The minimum Gasteiger partial charge on any atom is -0.483 e. The van der Waals surface area contributed by atoms with E-state index in [1.807, 2.05) is 6.92 Å². The van der Waals surface area contributed by atoms with E-state index in [9.17, 15) is 14.7 Å². The highest BCUT2D eigenvalue weighted by molar-refractivity contribution is 5.92. The molecule has 2 N–H and O–H groups in total. The molecule has 7 nitrogen and oxygen atoms in total. The van der Waals surface area contributed by atoms with Crippen molar-refractivity contribution in [2.24, 2.45) is 0 Å². The summed E-state index contributed by atoms with van der Waals surface area (Å²) in [6.45, 7) is 5.61. The van der Waals surface area contributed by atoms with Crippen LogP contribution < -0.4 is 15.7 Å². The monoisotopic (exact) mass is 397 g/mol. The molecule has 7 heteroatoms. The van der Waals surface area contributed by atoms with Crippen molar-refractivity contribution >= 4 is 22.6 Å². The summed E-state index contributed by atoms with van der Waals surface area (Å²) in [5, 5.41) is 13.3. The van der Waals surface area contributed by atoms with Gasteiger partial charge in [-0.1, -0.05) is 12.1 Å². The number of aliphatic hydroxyl groups excluding tert-OH is 1. The Bertz CT molecular complexity index is 1070. The molecular formula is C22H23NO6. The molecule has 29 heavy (non-hydrogen) atoms. The summed E-state index contributed by atoms with van der Waals surface area (Å²) >= 11 is 0. The van der Waals surface area contributed by atoms with Crippen LogP contribution in [0.25, 0.3) is 11.0 Å². The van der Waals surface area contributed by atoms with E-state index in [-0.39, 0.29) is 12.5 Å². The molecule has 0 spiro atoms. The van der Waals surface area contributed by atoms with Gasteiger partial charge in [-0.15, -0.1) is 0 Å². The Morgan fingerprint density at radius 1 is 1.17 bits per heavy atom. The topological polar surface area (TPSA) is 98.0 Å². The Morgan fingerprint density at radius 3 is 2.59 bits per heavy atom. The van der Waals surface area contributed by atoms with Crippen molar-refractivity contribution in [2.75, 3.05) is 18.5 Å². The lowest BCUT2D eigenvalue weighted by Crippen LogP contribution is -2.20. The van der Waals surface area contributed by atoms with Crippen LogP contribution in [0.3, 0.4) is 0 Å². The van der Waals surface area contributed by atoms with Crippen molar-refractivity contribution < 1.29 is 23.8 Å². The maximum atomic E-state index is 12.2. The molecule has 1 atom stereocenters. The van der Waals surface area contributed by atoms with E-state index in [0.717, 1.165) is 10.9 Å². The first-order chi connectivity index (χ1) is 13.9. The van der Waals surface area contributed by atoms with E-state index in [4.69, 9.17) is 13.9 Å². The van der Waals surface area contributed by atoms with E-state index in [2.05, 4.69) is 5.32 Å². The van der Waals surface area contributed by atoms with Gasteiger partial charge in [0.05, 0.1) is 0 Å². The standard InChI is InChI=1S/C22H23NO6/c1-4-27-22(26)15-5-7-16(8-6-15)23-19(24)12-28-18-10-9-17-13(2)11-20(25)29-21(17)14(18)3/h5-11,22,26H,4,12H2,1-3H3,(H,23,24). The first-order valence-corrected chi connectivity index (χ1v) is 9.25. The lowest BCUT2D eigenvalue weighted by Gasteiger charge is -2.13. The van der Waals surface area contributed by atoms with Gasteiger partial charge in [-0.3, -0.25) is 4.79 Å². The Labute approximate surface area is 167 Å². The fourth-order valence-corrected chi connectivity index (χ4v) is 2.98.